The Hall–Kier alpha value is -3.50. The number of ketones is 1. The predicted octanol–water partition coefficient (Wildman–Crippen LogP) is 5.31. The number of hydrogen-bond donors (Lipinski definition) is 2. The zero-order chi connectivity index (χ0) is 24.6. The maximum absolute atomic E-state index is 15.2. The number of carbonyl (C=O) groups is 1. The molecule has 0 spiro atoms. The number of sulfonamides is 1. The molecule has 2 aromatic heterocycles. The lowest BCUT2D eigenvalue weighted by Gasteiger charge is -2.13. The monoisotopic (exact) mass is 505 g/mol. The molecule has 0 amide bonds. The number of hydrogen-bond acceptors (Lipinski definition) is 5. The molecule has 0 fully saturated rings. The third-order valence-corrected chi connectivity index (χ3v) is 6.40. The van der Waals surface area contributed by atoms with Crippen molar-refractivity contribution in [3.63, 3.8) is 0 Å². The van der Waals surface area contributed by atoms with Gasteiger partial charge in [0, 0.05) is 23.3 Å². The summed E-state index contributed by atoms with van der Waals surface area (Å²) >= 11 is 5.93. The molecular formula is C23H18ClF2N3O4S. The van der Waals surface area contributed by atoms with Crippen molar-refractivity contribution in [3.8, 4) is 5.75 Å². The van der Waals surface area contributed by atoms with Crippen LogP contribution in [0, 0.1) is 11.6 Å². The highest BCUT2D eigenvalue weighted by Gasteiger charge is 2.26. The second-order valence-corrected chi connectivity index (χ2v) is 9.73. The minimum Gasteiger partial charge on any atom is -0.491 e. The van der Waals surface area contributed by atoms with Crippen LogP contribution in [0.4, 0.5) is 14.5 Å². The van der Waals surface area contributed by atoms with Gasteiger partial charge in [0.15, 0.2) is 5.82 Å². The fourth-order valence-electron chi connectivity index (χ4n) is 3.31. The topological polar surface area (TPSA) is 101 Å². The van der Waals surface area contributed by atoms with Gasteiger partial charge in [-0.2, -0.15) is 0 Å². The van der Waals surface area contributed by atoms with Crippen LogP contribution in [0.5, 0.6) is 5.75 Å². The number of ether oxygens (including phenoxy) is 1. The van der Waals surface area contributed by atoms with Gasteiger partial charge in [-0.3, -0.25) is 9.52 Å². The Bertz CT molecular complexity index is 1500. The lowest BCUT2D eigenvalue weighted by molar-refractivity contribution is 0.103. The number of rotatable bonds is 7. The van der Waals surface area contributed by atoms with Crippen molar-refractivity contribution in [1.29, 1.82) is 0 Å². The summed E-state index contributed by atoms with van der Waals surface area (Å²) in [5.74, 6) is -3.03. The number of benzene rings is 2. The van der Waals surface area contributed by atoms with E-state index in [1.807, 2.05) is 13.8 Å². The lowest BCUT2D eigenvalue weighted by Crippen LogP contribution is -2.16. The highest BCUT2D eigenvalue weighted by atomic mass is 35.5. The first kappa shape index (κ1) is 23.7. The van der Waals surface area contributed by atoms with Crippen molar-refractivity contribution in [2.24, 2.45) is 0 Å². The third-order valence-electron chi connectivity index (χ3n) is 4.81. The summed E-state index contributed by atoms with van der Waals surface area (Å²) in [6, 6.07) is 8.65. The predicted molar refractivity (Wildman–Crippen MR) is 124 cm³/mol. The van der Waals surface area contributed by atoms with Gasteiger partial charge in [-0.05, 0) is 56.3 Å². The normalized spacial score (nSPS) is 11.7. The molecule has 2 heterocycles. The van der Waals surface area contributed by atoms with Crippen LogP contribution in [-0.2, 0) is 10.0 Å². The Morgan fingerprint density at radius 1 is 1.15 bits per heavy atom. The summed E-state index contributed by atoms with van der Waals surface area (Å²) in [6.45, 7) is 3.65. The Morgan fingerprint density at radius 3 is 2.53 bits per heavy atom. The second-order valence-electron chi connectivity index (χ2n) is 7.61. The van der Waals surface area contributed by atoms with Crippen LogP contribution in [0.2, 0.25) is 5.02 Å². The molecule has 2 aromatic carbocycles. The van der Waals surface area contributed by atoms with E-state index in [4.69, 9.17) is 16.3 Å². The molecule has 0 aliphatic rings. The first-order chi connectivity index (χ1) is 16.1. The summed E-state index contributed by atoms with van der Waals surface area (Å²) in [5.41, 5.74) is -1.26. The molecular weight excluding hydrogens is 488 g/mol. The Kier molecular flexibility index (Phi) is 6.28. The molecule has 0 saturated carbocycles. The largest absolute Gasteiger partial charge is 0.491 e. The fourth-order valence-corrected chi connectivity index (χ4v) is 4.53. The second kappa shape index (κ2) is 9.03. The summed E-state index contributed by atoms with van der Waals surface area (Å²) < 4.78 is 62.9. The quantitative estimate of drug-likeness (QED) is 0.331. The van der Waals surface area contributed by atoms with Crippen molar-refractivity contribution < 1.29 is 26.7 Å². The highest BCUT2D eigenvalue weighted by Crippen LogP contribution is 2.29. The van der Waals surface area contributed by atoms with E-state index in [2.05, 4.69) is 14.7 Å². The van der Waals surface area contributed by atoms with Crippen molar-refractivity contribution in [1.82, 2.24) is 9.97 Å². The standard InChI is InChI=1S/C23H18ClF2N3O4S/c1-12(2)33-14-3-5-15(6-4-14)34(31,32)29-19-8-7-18(25)20(21(19)26)22(30)17-11-28-23-16(17)9-13(24)10-27-23/h3-12,29H,1-2H3,(H,27,28). The molecule has 176 valence electrons. The van der Waals surface area contributed by atoms with Crippen LogP contribution in [-0.4, -0.2) is 30.3 Å². The lowest BCUT2D eigenvalue weighted by atomic mass is 10.0. The third kappa shape index (κ3) is 4.59. The van der Waals surface area contributed by atoms with E-state index in [1.54, 1.807) is 0 Å². The maximum atomic E-state index is 15.2. The average molecular weight is 506 g/mol. The number of halogens is 3. The van der Waals surface area contributed by atoms with Gasteiger partial charge in [0.05, 0.1) is 27.3 Å². The summed E-state index contributed by atoms with van der Waals surface area (Å²) in [5, 5.41) is 0.499. The van der Waals surface area contributed by atoms with E-state index in [9.17, 15) is 17.6 Å². The number of aromatic nitrogens is 2. The van der Waals surface area contributed by atoms with Gasteiger partial charge >= 0.3 is 0 Å². The molecule has 0 radical (unpaired) electrons. The number of pyridine rings is 1. The van der Waals surface area contributed by atoms with Gasteiger partial charge in [-0.25, -0.2) is 22.2 Å². The van der Waals surface area contributed by atoms with E-state index in [0.29, 0.717) is 11.4 Å². The molecule has 11 heteroatoms. The Balaban J connectivity index is 1.68. The zero-order valence-corrected chi connectivity index (χ0v) is 19.5. The number of anilines is 1. The first-order valence-electron chi connectivity index (χ1n) is 10.0. The van der Waals surface area contributed by atoms with Gasteiger partial charge in [0.2, 0.25) is 5.78 Å². The first-order valence-corrected chi connectivity index (χ1v) is 11.9. The Morgan fingerprint density at radius 2 is 1.85 bits per heavy atom. The van der Waals surface area contributed by atoms with Crippen molar-refractivity contribution >= 4 is 44.1 Å². The SMILES string of the molecule is CC(C)Oc1ccc(S(=O)(=O)Nc2ccc(F)c(C(=O)c3c[nH]c4ncc(Cl)cc34)c2F)cc1. The number of fused-ring (bicyclic) bond motifs is 1. The van der Waals surface area contributed by atoms with Gasteiger partial charge in [0.25, 0.3) is 10.0 Å². The highest BCUT2D eigenvalue weighted by molar-refractivity contribution is 7.92. The summed E-state index contributed by atoms with van der Waals surface area (Å²) in [6.07, 6.45) is 2.51. The molecule has 0 unspecified atom stereocenters. The van der Waals surface area contributed by atoms with Crippen LogP contribution in [0.1, 0.15) is 29.8 Å². The van der Waals surface area contributed by atoms with Crippen LogP contribution in [0.25, 0.3) is 11.0 Å². The molecule has 0 aliphatic carbocycles. The van der Waals surface area contributed by atoms with Crippen LogP contribution in [0.3, 0.4) is 0 Å². The summed E-state index contributed by atoms with van der Waals surface area (Å²) in [7, 11) is -4.24. The summed E-state index contributed by atoms with van der Waals surface area (Å²) in [4.78, 5) is 19.6. The van der Waals surface area contributed by atoms with Gasteiger partial charge in [-0.1, -0.05) is 11.6 Å². The molecule has 7 nitrogen and oxygen atoms in total. The maximum Gasteiger partial charge on any atom is 0.261 e. The van der Waals surface area contributed by atoms with Crippen molar-refractivity contribution in [2.45, 2.75) is 24.8 Å². The Labute approximate surface area is 198 Å². The number of nitrogens with zero attached hydrogens (tertiary/aromatic N) is 1. The van der Waals surface area contributed by atoms with E-state index in [-0.39, 0.29) is 27.0 Å². The molecule has 34 heavy (non-hydrogen) atoms. The zero-order valence-electron chi connectivity index (χ0n) is 17.9. The van der Waals surface area contributed by atoms with Crippen LogP contribution in [0.15, 0.2) is 59.8 Å². The molecule has 0 aliphatic heterocycles. The van der Waals surface area contributed by atoms with Crippen LogP contribution >= 0.6 is 11.6 Å². The number of aromatic amines is 1. The average Bonchev–Trinajstić information content (AvgIpc) is 3.18. The van der Waals surface area contributed by atoms with Crippen molar-refractivity contribution in [3.05, 3.63) is 82.6 Å². The van der Waals surface area contributed by atoms with Gasteiger partial charge in [0.1, 0.15) is 17.2 Å². The van der Waals surface area contributed by atoms with E-state index < -0.39 is 38.7 Å². The molecule has 0 bridgehead atoms. The minimum absolute atomic E-state index is 0.0662. The van der Waals surface area contributed by atoms with Crippen molar-refractivity contribution in [2.75, 3.05) is 4.72 Å². The van der Waals surface area contributed by atoms with E-state index >= 15 is 4.39 Å². The number of H-pyrrole nitrogens is 1. The fraction of sp³-hybridized carbons (Fsp3) is 0.130. The van der Waals surface area contributed by atoms with E-state index in [1.165, 1.54) is 42.7 Å². The van der Waals surface area contributed by atoms with Crippen LogP contribution < -0.4 is 9.46 Å². The van der Waals surface area contributed by atoms with Gasteiger partial charge in [-0.15, -0.1) is 0 Å². The number of nitrogens with one attached hydrogen (secondary N) is 2. The van der Waals surface area contributed by atoms with E-state index in [0.717, 1.165) is 12.1 Å². The molecule has 4 aromatic rings. The smallest absolute Gasteiger partial charge is 0.261 e. The molecule has 4 rings (SSSR count). The van der Waals surface area contributed by atoms with Gasteiger partial charge < -0.3 is 9.72 Å². The molecule has 2 N–H and O–H groups in total. The number of carbonyl (C=O) groups excluding carboxylic acids is 1. The molecule has 0 atom stereocenters. The minimum atomic E-state index is -4.24. The molecule has 0 saturated heterocycles.